The predicted octanol–water partition coefficient (Wildman–Crippen LogP) is 5.57. The third-order valence-electron chi connectivity index (χ3n) is 4.36. The number of aryl methyl sites for hydroxylation is 1. The number of hydrogen-bond acceptors (Lipinski definition) is 2. The highest BCUT2D eigenvalue weighted by molar-refractivity contribution is 5.85. The summed E-state index contributed by atoms with van der Waals surface area (Å²) in [6.45, 7) is 0.609. The number of fused-ring (bicyclic) bond motifs is 1. The van der Waals surface area contributed by atoms with Crippen molar-refractivity contribution >= 4 is 24.1 Å². The van der Waals surface area contributed by atoms with E-state index in [0.717, 1.165) is 24.2 Å². The monoisotopic (exact) mass is 349 g/mol. The molecule has 0 aliphatic heterocycles. The Morgan fingerprint density at radius 2 is 1.84 bits per heavy atom. The largest absolute Gasteiger partial charge is 0.489 e. The van der Waals surface area contributed by atoms with Gasteiger partial charge in [0.25, 0.3) is 0 Å². The van der Waals surface area contributed by atoms with E-state index in [1.54, 1.807) is 6.20 Å². The van der Waals surface area contributed by atoms with E-state index in [0.29, 0.717) is 6.61 Å². The molecule has 1 aliphatic rings. The summed E-state index contributed by atoms with van der Waals surface area (Å²) in [5, 5.41) is 0. The first-order valence-electron chi connectivity index (χ1n) is 8.29. The number of hydrogen-bond donors (Lipinski definition) is 0. The maximum absolute atomic E-state index is 5.94. The number of aromatic nitrogens is 1. The van der Waals surface area contributed by atoms with Gasteiger partial charge in [-0.3, -0.25) is 4.98 Å². The van der Waals surface area contributed by atoms with Gasteiger partial charge in [-0.15, -0.1) is 12.4 Å². The predicted molar refractivity (Wildman–Crippen MR) is 105 cm³/mol. The molecular formula is C22H20ClNO. The van der Waals surface area contributed by atoms with Crippen LogP contribution < -0.4 is 4.74 Å². The minimum absolute atomic E-state index is 0. The Morgan fingerprint density at radius 1 is 0.960 bits per heavy atom. The highest BCUT2D eigenvalue weighted by Crippen LogP contribution is 2.35. The summed E-state index contributed by atoms with van der Waals surface area (Å²) < 4.78 is 5.94. The SMILES string of the molecule is C(=C1CCc2cc(OCc3ccccc3)ccc21)c1cccnc1.Cl. The van der Waals surface area contributed by atoms with Crippen molar-refractivity contribution < 1.29 is 4.74 Å². The molecular weight excluding hydrogens is 330 g/mol. The lowest BCUT2D eigenvalue weighted by molar-refractivity contribution is 0.306. The third-order valence-corrected chi connectivity index (χ3v) is 4.36. The Hall–Kier alpha value is -2.58. The normalized spacial score (nSPS) is 14.0. The van der Waals surface area contributed by atoms with Gasteiger partial charge in [0.05, 0.1) is 0 Å². The Morgan fingerprint density at radius 3 is 2.64 bits per heavy atom. The molecule has 0 N–H and O–H groups in total. The number of rotatable bonds is 4. The smallest absolute Gasteiger partial charge is 0.120 e. The van der Waals surface area contributed by atoms with Crippen LogP contribution in [0.1, 0.15) is 28.7 Å². The molecule has 0 saturated heterocycles. The van der Waals surface area contributed by atoms with Crippen LogP contribution in [0.3, 0.4) is 0 Å². The van der Waals surface area contributed by atoms with E-state index in [9.17, 15) is 0 Å². The van der Waals surface area contributed by atoms with E-state index in [2.05, 4.69) is 47.5 Å². The van der Waals surface area contributed by atoms with Crippen molar-refractivity contribution in [3.63, 3.8) is 0 Å². The van der Waals surface area contributed by atoms with Crippen LogP contribution in [0.5, 0.6) is 5.75 Å². The lowest BCUT2D eigenvalue weighted by atomic mass is 10.0. The van der Waals surface area contributed by atoms with E-state index in [4.69, 9.17) is 4.74 Å². The lowest BCUT2D eigenvalue weighted by Crippen LogP contribution is -1.95. The zero-order valence-corrected chi connectivity index (χ0v) is 14.7. The Balaban J connectivity index is 0.00000182. The maximum atomic E-state index is 5.94. The summed E-state index contributed by atoms with van der Waals surface area (Å²) in [4.78, 5) is 4.19. The quantitative estimate of drug-likeness (QED) is 0.614. The van der Waals surface area contributed by atoms with Crippen LogP contribution in [0.15, 0.2) is 73.1 Å². The molecule has 2 aromatic carbocycles. The summed E-state index contributed by atoms with van der Waals surface area (Å²) in [6.07, 6.45) is 8.10. The van der Waals surface area contributed by atoms with E-state index in [1.165, 1.54) is 22.3 Å². The van der Waals surface area contributed by atoms with Crippen LogP contribution in [-0.4, -0.2) is 4.98 Å². The second kappa shape index (κ2) is 8.00. The van der Waals surface area contributed by atoms with Gasteiger partial charge >= 0.3 is 0 Å². The second-order valence-electron chi connectivity index (χ2n) is 6.05. The second-order valence-corrected chi connectivity index (χ2v) is 6.05. The fourth-order valence-electron chi connectivity index (χ4n) is 3.14. The Labute approximate surface area is 154 Å². The molecule has 1 aliphatic carbocycles. The Kier molecular flexibility index (Phi) is 5.52. The van der Waals surface area contributed by atoms with Crippen molar-refractivity contribution in [3.05, 3.63) is 95.3 Å². The number of pyridine rings is 1. The highest BCUT2D eigenvalue weighted by Gasteiger charge is 2.16. The molecule has 1 aromatic heterocycles. The topological polar surface area (TPSA) is 22.1 Å². The zero-order valence-electron chi connectivity index (χ0n) is 13.9. The fourth-order valence-corrected chi connectivity index (χ4v) is 3.14. The van der Waals surface area contributed by atoms with E-state index < -0.39 is 0 Å². The highest BCUT2D eigenvalue weighted by atomic mass is 35.5. The van der Waals surface area contributed by atoms with Gasteiger partial charge in [-0.1, -0.05) is 42.5 Å². The van der Waals surface area contributed by atoms with Gasteiger partial charge < -0.3 is 4.74 Å². The van der Waals surface area contributed by atoms with Gasteiger partial charge in [0.1, 0.15) is 12.4 Å². The molecule has 3 heteroatoms. The van der Waals surface area contributed by atoms with E-state index >= 15 is 0 Å². The standard InChI is InChI=1S/C22H19NO.ClH/c1-2-5-17(6-3-1)16-24-21-10-11-22-19(8-9-20(22)14-21)13-18-7-4-12-23-15-18;/h1-7,10-15H,8-9,16H2;1H. The molecule has 0 saturated carbocycles. The molecule has 0 unspecified atom stereocenters. The van der Waals surface area contributed by atoms with Crippen molar-refractivity contribution in [1.29, 1.82) is 0 Å². The molecule has 0 spiro atoms. The van der Waals surface area contributed by atoms with Gasteiger partial charge in [0.2, 0.25) is 0 Å². The molecule has 0 radical (unpaired) electrons. The van der Waals surface area contributed by atoms with Crippen molar-refractivity contribution in [2.75, 3.05) is 0 Å². The van der Waals surface area contributed by atoms with Crippen LogP contribution in [0.25, 0.3) is 11.6 Å². The average molecular weight is 350 g/mol. The van der Waals surface area contributed by atoms with Gasteiger partial charge in [-0.05, 0) is 64.9 Å². The molecule has 0 fully saturated rings. The molecule has 2 nitrogen and oxygen atoms in total. The first-order chi connectivity index (χ1) is 11.9. The van der Waals surface area contributed by atoms with Crippen molar-refractivity contribution in [3.8, 4) is 5.75 Å². The summed E-state index contributed by atoms with van der Waals surface area (Å²) in [7, 11) is 0. The van der Waals surface area contributed by atoms with Crippen molar-refractivity contribution in [1.82, 2.24) is 4.98 Å². The van der Waals surface area contributed by atoms with Crippen molar-refractivity contribution in [2.45, 2.75) is 19.4 Å². The molecule has 1 heterocycles. The minimum atomic E-state index is 0. The lowest BCUT2D eigenvalue weighted by Gasteiger charge is -2.08. The molecule has 25 heavy (non-hydrogen) atoms. The minimum Gasteiger partial charge on any atom is -0.489 e. The third kappa shape index (κ3) is 4.09. The van der Waals surface area contributed by atoms with Crippen LogP contribution in [0.2, 0.25) is 0 Å². The number of allylic oxidation sites excluding steroid dienone is 1. The van der Waals surface area contributed by atoms with Crippen LogP contribution >= 0.6 is 12.4 Å². The number of benzene rings is 2. The molecule has 0 bridgehead atoms. The summed E-state index contributed by atoms with van der Waals surface area (Å²) in [5.74, 6) is 0.945. The van der Waals surface area contributed by atoms with Gasteiger partial charge in [0, 0.05) is 12.4 Å². The van der Waals surface area contributed by atoms with E-state index in [1.807, 2.05) is 30.5 Å². The van der Waals surface area contributed by atoms with Gasteiger partial charge in [0.15, 0.2) is 0 Å². The zero-order chi connectivity index (χ0) is 16.2. The first kappa shape index (κ1) is 17.2. The molecule has 3 aromatic rings. The molecule has 0 amide bonds. The maximum Gasteiger partial charge on any atom is 0.120 e. The fraction of sp³-hybridized carbons (Fsp3) is 0.136. The van der Waals surface area contributed by atoms with Crippen LogP contribution in [-0.2, 0) is 13.0 Å². The van der Waals surface area contributed by atoms with Gasteiger partial charge in [-0.25, -0.2) is 0 Å². The molecule has 4 rings (SSSR count). The number of halogens is 1. The van der Waals surface area contributed by atoms with Gasteiger partial charge in [-0.2, -0.15) is 0 Å². The average Bonchev–Trinajstić information content (AvgIpc) is 3.04. The first-order valence-corrected chi connectivity index (χ1v) is 8.29. The molecule has 0 atom stereocenters. The summed E-state index contributed by atoms with van der Waals surface area (Å²) in [5.41, 5.74) is 6.44. The number of nitrogens with zero attached hydrogens (tertiary/aromatic N) is 1. The number of ether oxygens (including phenoxy) is 1. The van der Waals surface area contributed by atoms with Crippen LogP contribution in [0, 0.1) is 0 Å². The molecule has 126 valence electrons. The van der Waals surface area contributed by atoms with Crippen molar-refractivity contribution in [2.24, 2.45) is 0 Å². The van der Waals surface area contributed by atoms with E-state index in [-0.39, 0.29) is 12.4 Å². The van der Waals surface area contributed by atoms with Crippen LogP contribution in [0.4, 0.5) is 0 Å². The summed E-state index contributed by atoms with van der Waals surface area (Å²) >= 11 is 0. The summed E-state index contributed by atoms with van der Waals surface area (Å²) in [6, 6.07) is 20.8. The Bertz CT molecular complexity index is 860.